The molecule has 10 heavy (non-hydrogen) atoms. The lowest BCUT2D eigenvalue weighted by atomic mass is 10.2. The smallest absolute Gasteiger partial charge is 0.189 e. The van der Waals surface area contributed by atoms with Crippen molar-refractivity contribution >= 4 is 11.4 Å². The Morgan fingerprint density at radius 1 is 1.50 bits per heavy atom. The molecule has 2 N–H and O–H groups in total. The van der Waals surface area contributed by atoms with Crippen LogP contribution in [0.2, 0.25) is 0 Å². The molecule has 0 atom stereocenters. The molecule has 0 aromatic heterocycles. The Hall–Kier alpha value is -1.49. The molecule has 1 aromatic rings. The van der Waals surface area contributed by atoms with Crippen LogP contribution >= 0.6 is 0 Å². The fraction of sp³-hybridized carbons (Fsp3) is 0.125. The highest BCUT2D eigenvalue weighted by Gasteiger charge is 1.93. The van der Waals surface area contributed by atoms with Gasteiger partial charge in [0.05, 0.1) is 6.57 Å². The number of hydrogen-bond acceptors (Lipinski definition) is 1. The third kappa shape index (κ3) is 1.08. The third-order valence-electron chi connectivity index (χ3n) is 1.39. The molecule has 0 saturated carbocycles. The Balaban J connectivity index is 3.20. The standard InChI is InChI=1S/C8H8N2/c1-6-3-4-7(10-2)5-8(6)9/h3-5H,9H2,1H3. The number of rotatable bonds is 0. The van der Waals surface area contributed by atoms with Crippen LogP contribution in [0, 0.1) is 13.5 Å². The van der Waals surface area contributed by atoms with Gasteiger partial charge in [-0.05, 0) is 18.6 Å². The van der Waals surface area contributed by atoms with Crippen LogP contribution in [0.5, 0.6) is 0 Å². The molecule has 50 valence electrons. The van der Waals surface area contributed by atoms with E-state index in [4.69, 9.17) is 12.3 Å². The highest BCUT2D eigenvalue weighted by molar-refractivity contribution is 5.58. The summed E-state index contributed by atoms with van der Waals surface area (Å²) in [5.41, 5.74) is 7.86. The van der Waals surface area contributed by atoms with Crippen molar-refractivity contribution in [2.45, 2.75) is 6.92 Å². The van der Waals surface area contributed by atoms with Crippen LogP contribution in [0.15, 0.2) is 18.2 Å². The van der Waals surface area contributed by atoms with Crippen LogP contribution in [-0.4, -0.2) is 0 Å². The van der Waals surface area contributed by atoms with Crippen LogP contribution in [0.1, 0.15) is 5.56 Å². The van der Waals surface area contributed by atoms with E-state index < -0.39 is 0 Å². The second kappa shape index (κ2) is 2.40. The first-order valence-corrected chi connectivity index (χ1v) is 2.97. The molecule has 0 aliphatic carbocycles. The molecule has 0 spiro atoms. The van der Waals surface area contributed by atoms with Gasteiger partial charge in [-0.1, -0.05) is 12.1 Å². The zero-order valence-electron chi connectivity index (χ0n) is 5.76. The van der Waals surface area contributed by atoms with E-state index in [9.17, 15) is 0 Å². The fourth-order valence-corrected chi connectivity index (χ4v) is 0.697. The summed E-state index contributed by atoms with van der Waals surface area (Å²) < 4.78 is 0. The molecule has 0 fully saturated rings. The van der Waals surface area contributed by atoms with Crippen LogP contribution < -0.4 is 5.73 Å². The SMILES string of the molecule is [C-]#[N+]c1ccc(C)c(N)c1. The molecule has 0 aliphatic rings. The molecule has 1 rings (SSSR count). The minimum atomic E-state index is 0.600. The largest absolute Gasteiger partial charge is 0.400 e. The Kier molecular flexibility index (Phi) is 1.59. The van der Waals surface area contributed by atoms with E-state index in [0.29, 0.717) is 11.4 Å². The zero-order chi connectivity index (χ0) is 7.56. The molecule has 1 aromatic carbocycles. The van der Waals surface area contributed by atoms with E-state index in [1.807, 2.05) is 13.0 Å². The van der Waals surface area contributed by atoms with Crippen LogP contribution in [0.3, 0.4) is 0 Å². The molecular weight excluding hydrogens is 124 g/mol. The summed E-state index contributed by atoms with van der Waals surface area (Å²) in [6.07, 6.45) is 0. The molecule has 0 unspecified atom stereocenters. The summed E-state index contributed by atoms with van der Waals surface area (Å²) in [4.78, 5) is 3.24. The summed E-state index contributed by atoms with van der Waals surface area (Å²) in [6, 6.07) is 5.30. The van der Waals surface area contributed by atoms with Crippen molar-refractivity contribution < 1.29 is 0 Å². The number of nitrogen functional groups attached to an aromatic ring is 1. The summed E-state index contributed by atoms with van der Waals surface area (Å²) in [7, 11) is 0. The summed E-state index contributed by atoms with van der Waals surface area (Å²) >= 11 is 0. The maximum absolute atomic E-state index is 6.68. The van der Waals surface area contributed by atoms with Gasteiger partial charge in [0.2, 0.25) is 0 Å². The molecule has 0 radical (unpaired) electrons. The normalized spacial score (nSPS) is 8.80. The van der Waals surface area contributed by atoms with E-state index in [1.54, 1.807) is 12.1 Å². The van der Waals surface area contributed by atoms with Gasteiger partial charge in [0.1, 0.15) is 0 Å². The van der Waals surface area contributed by atoms with Crippen LogP contribution in [0.25, 0.3) is 4.85 Å². The maximum atomic E-state index is 6.68. The Bertz CT molecular complexity index is 284. The molecule has 0 bridgehead atoms. The molecule has 0 amide bonds. The average molecular weight is 132 g/mol. The molecule has 2 heteroatoms. The topological polar surface area (TPSA) is 30.4 Å². The van der Waals surface area contributed by atoms with Crippen molar-refractivity contribution in [2.24, 2.45) is 0 Å². The van der Waals surface area contributed by atoms with Gasteiger partial charge in [0.15, 0.2) is 5.69 Å². The van der Waals surface area contributed by atoms with Crippen molar-refractivity contribution in [3.05, 3.63) is 35.2 Å². The van der Waals surface area contributed by atoms with Gasteiger partial charge in [0, 0.05) is 5.69 Å². The Labute approximate surface area is 60.1 Å². The molecule has 0 saturated heterocycles. The lowest BCUT2D eigenvalue weighted by molar-refractivity contribution is 1.48. The van der Waals surface area contributed by atoms with E-state index >= 15 is 0 Å². The monoisotopic (exact) mass is 132 g/mol. The minimum absolute atomic E-state index is 0.600. The van der Waals surface area contributed by atoms with E-state index in [2.05, 4.69) is 4.85 Å². The predicted molar refractivity (Wildman–Crippen MR) is 41.9 cm³/mol. The van der Waals surface area contributed by atoms with Crippen molar-refractivity contribution in [3.8, 4) is 0 Å². The van der Waals surface area contributed by atoms with Gasteiger partial charge in [-0.3, -0.25) is 0 Å². The van der Waals surface area contributed by atoms with Crippen molar-refractivity contribution in [3.63, 3.8) is 0 Å². The number of anilines is 1. The lowest BCUT2D eigenvalue weighted by Crippen LogP contribution is -1.86. The first kappa shape index (κ1) is 6.63. The number of nitrogens with zero attached hydrogens (tertiary/aromatic N) is 1. The summed E-state index contributed by atoms with van der Waals surface area (Å²) in [5, 5.41) is 0. The highest BCUT2D eigenvalue weighted by Crippen LogP contribution is 2.18. The third-order valence-corrected chi connectivity index (χ3v) is 1.39. The second-order valence-electron chi connectivity index (χ2n) is 2.15. The minimum Gasteiger partial charge on any atom is -0.400 e. The number of benzene rings is 1. The highest BCUT2D eigenvalue weighted by atomic mass is 14.7. The first-order valence-electron chi connectivity index (χ1n) is 2.97. The zero-order valence-corrected chi connectivity index (χ0v) is 5.76. The van der Waals surface area contributed by atoms with E-state index in [0.717, 1.165) is 5.56 Å². The molecular formula is C8H8N2. The fourth-order valence-electron chi connectivity index (χ4n) is 0.697. The summed E-state index contributed by atoms with van der Waals surface area (Å²) in [6.45, 7) is 8.60. The predicted octanol–water partition coefficient (Wildman–Crippen LogP) is 2.13. The maximum Gasteiger partial charge on any atom is 0.189 e. The van der Waals surface area contributed by atoms with Gasteiger partial charge in [-0.25, -0.2) is 4.85 Å². The van der Waals surface area contributed by atoms with Crippen molar-refractivity contribution in [2.75, 3.05) is 5.73 Å². The average Bonchev–Trinajstić information content (AvgIpc) is 1.95. The second-order valence-corrected chi connectivity index (χ2v) is 2.15. The lowest BCUT2D eigenvalue weighted by Gasteiger charge is -1.97. The van der Waals surface area contributed by atoms with Gasteiger partial charge < -0.3 is 5.73 Å². The van der Waals surface area contributed by atoms with E-state index in [-0.39, 0.29) is 0 Å². The van der Waals surface area contributed by atoms with Gasteiger partial charge >= 0.3 is 0 Å². The van der Waals surface area contributed by atoms with Gasteiger partial charge in [-0.15, -0.1) is 0 Å². The number of aryl methyl sites for hydroxylation is 1. The van der Waals surface area contributed by atoms with Crippen molar-refractivity contribution in [1.82, 2.24) is 0 Å². The first-order chi connectivity index (χ1) is 4.74. The van der Waals surface area contributed by atoms with Crippen LogP contribution in [0.4, 0.5) is 11.4 Å². The Morgan fingerprint density at radius 2 is 2.20 bits per heavy atom. The van der Waals surface area contributed by atoms with Gasteiger partial charge in [-0.2, -0.15) is 0 Å². The number of hydrogen-bond donors (Lipinski definition) is 1. The Morgan fingerprint density at radius 3 is 2.70 bits per heavy atom. The summed E-state index contributed by atoms with van der Waals surface area (Å²) in [5.74, 6) is 0. The van der Waals surface area contributed by atoms with E-state index in [1.165, 1.54) is 0 Å². The van der Waals surface area contributed by atoms with Crippen molar-refractivity contribution in [1.29, 1.82) is 0 Å². The van der Waals surface area contributed by atoms with Crippen LogP contribution in [-0.2, 0) is 0 Å². The van der Waals surface area contributed by atoms with Gasteiger partial charge in [0.25, 0.3) is 0 Å². The molecule has 0 heterocycles. The molecule has 0 aliphatic heterocycles. The quantitative estimate of drug-likeness (QED) is 0.425. The molecule has 2 nitrogen and oxygen atoms in total. The number of nitrogens with two attached hydrogens (primary N) is 1.